The fraction of sp³-hybridized carbons (Fsp3) is 0.462. The van der Waals surface area contributed by atoms with Gasteiger partial charge in [0.25, 0.3) is 0 Å². The van der Waals surface area contributed by atoms with E-state index in [4.69, 9.17) is 4.74 Å². The fourth-order valence-corrected chi connectivity index (χ4v) is 3.04. The minimum atomic E-state index is 0.223. The number of rotatable bonds is 3. The van der Waals surface area contributed by atoms with Gasteiger partial charge in [-0.2, -0.15) is 0 Å². The molecular formula is C13H17NO2S. The lowest BCUT2D eigenvalue weighted by molar-refractivity contribution is -0.118. The molecule has 2 rings (SSSR count). The SMILES string of the molecule is COc1ccc2c(c1)CN(CC(C)=O)CCS2. The number of ketones is 1. The molecule has 0 radical (unpaired) electrons. The molecule has 0 N–H and O–H groups in total. The number of ether oxygens (including phenoxy) is 1. The second kappa shape index (κ2) is 5.56. The van der Waals surface area contributed by atoms with Gasteiger partial charge in [-0.05, 0) is 30.7 Å². The van der Waals surface area contributed by atoms with Gasteiger partial charge in [-0.25, -0.2) is 0 Å². The first kappa shape index (κ1) is 12.5. The maximum absolute atomic E-state index is 11.2. The van der Waals surface area contributed by atoms with Crippen molar-refractivity contribution in [1.82, 2.24) is 4.90 Å². The van der Waals surface area contributed by atoms with E-state index < -0.39 is 0 Å². The molecule has 0 saturated carbocycles. The molecule has 0 saturated heterocycles. The van der Waals surface area contributed by atoms with E-state index >= 15 is 0 Å². The predicted molar refractivity (Wildman–Crippen MR) is 69.7 cm³/mol. The lowest BCUT2D eigenvalue weighted by Gasteiger charge is -2.18. The summed E-state index contributed by atoms with van der Waals surface area (Å²) in [6.07, 6.45) is 0. The number of carbonyl (C=O) groups is 1. The van der Waals surface area contributed by atoms with E-state index in [2.05, 4.69) is 17.0 Å². The third kappa shape index (κ3) is 3.23. The summed E-state index contributed by atoms with van der Waals surface area (Å²) in [5.74, 6) is 2.14. The van der Waals surface area contributed by atoms with Crippen LogP contribution in [0.1, 0.15) is 12.5 Å². The minimum Gasteiger partial charge on any atom is -0.497 e. The molecule has 4 heteroatoms. The Morgan fingerprint density at radius 1 is 1.53 bits per heavy atom. The third-order valence-corrected chi connectivity index (χ3v) is 3.87. The second-order valence-electron chi connectivity index (χ2n) is 4.23. The first-order chi connectivity index (χ1) is 8.19. The van der Waals surface area contributed by atoms with Gasteiger partial charge in [-0.3, -0.25) is 9.69 Å². The highest BCUT2D eigenvalue weighted by atomic mass is 32.2. The van der Waals surface area contributed by atoms with Crippen LogP contribution in [0.15, 0.2) is 23.1 Å². The van der Waals surface area contributed by atoms with Crippen molar-refractivity contribution in [2.45, 2.75) is 18.4 Å². The van der Waals surface area contributed by atoms with Crippen LogP contribution in [0.3, 0.4) is 0 Å². The Kier molecular flexibility index (Phi) is 4.07. The van der Waals surface area contributed by atoms with E-state index in [-0.39, 0.29) is 5.78 Å². The number of methoxy groups -OCH3 is 1. The Hall–Kier alpha value is -1.000. The fourth-order valence-electron chi connectivity index (χ4n) is 2.00. The van der Waals surface area contributed by atoms with Crippen molar-refractivity contribution < 1.29 is 9.53 Å². The summed E-state index contributed by atoms with van der Waals surface area (Å²) < 4.78 is 5.24. The third-order valence-electron chi connectivity index (χ3n) is 2.77. The molecule has 0 amide bonds. The van der Waals surface area contributed by atoms with Crippen LogP contribution in [-0.2, 0) is 11.3 Å². The highest BCUT2D eigenvalue weighted by Crippen LogP contribution is 2.30. The highest BCUT2D eigenvalue weighted by Gasteiger charge is 2.16. The van der Waals surface area contributed by atoms with Gasteiger partial charge in [0.2, 0.25) is 0 Å². The molecule has 0 bridgehead atoms. The smallest absolute Gasteiger partial charge is 0.143 e. The number of fused-ring (bicyclic) bond motifs is 1. The maximum atomic E-state index is 11.2. The van der Waals surface area contributed by atoms with Crippen LogP contribution in [0.5, 0.6) is 5.75 Å². The van der Waals surface area contributed by atoms with Gasteiger partial charge < -0.3 is 4.74 Å². The van der Waals surface area contributed by atoms with Crippen molar-refractivity contribution in [1.29, 1.82) is 0 Å². The van der Waals surface area contributed by atoms with Crippen LogP contribution in [0.25, 0.3) is 0 Å². The lowest BCUT2D eigenvalue weighted by Crippen LogP contribution is -2.29. The van der Waals surface area contributed by atoms with Gasteiger partial charge in [0.1, 0.15) is 11.5 Å². The molecule has 1 aromatic rings. The molecule has 0 unspecified atom stereocenters. The van der Waals surface area contributed by atoms with Crippen LogP contribution < -0.4 is 4.74 Å². The summed E-state index contributed by atoms with van der Waals surface area (Å²) in [6, 6.07) is 6.17. The molecular weight excluding hydrogens is 234 g/mol. The summed E-state index contributed by atoms with van der Waals surface area (Å²) >= 11 is 1.85. The zero-order chi connectivity index (χ0) is 12.3. The van der Waals surface area contributed by atoms with Crippen molar-refractivity contribution in [2.75, 3.05) is 26.0 Å². The number of nitrogens with zero attached hydrogens (tertiary/aromatic N) is 1. The molecule has 0 spiro atoms. The van der Waals surface area contributed by atoms with Gasteiger partial charge >= 0.3 is 0 Å². The maximum Gasteiger partial charge on any atom is 0.143 e. The number of hydrogen-bond acceptors (Lipinski definition) is 4. The Bertz CT molecular complexity index is 420. The van der Waals surface area contributed by atoms with Crippen LogP contribution >= 0.6 is 11.8 Å². The van der Waals surface area contributed by atoms with Crippen LogP contribution in [0.4, 0.5) is 0 Å². The molecule has 1 heterocycles. The zero-order valence-electron chi connectivity index (χ0n) is 10.2. The molecule has 1 aliphatic heterocycles. The largest absolute Gasteiger partial charge is 0.497 e. The average molecular weight is 251 g/mol. The Balaban J connectivity index is 2.19. The first-order valence-corrected chi connectivity index (χ1v) is 6.69. The predicted octanol–water partition coefficient (Wildman–Crippen LogP) is 2.19. The molecule has 1 aromatic carbocycles. The normalized spacial score (nSPS) is 16.1. The Labute approximate surface area is 106 Å². The summed E-state index contributed by atoms with van der Waals surface area (Å²) in [6.45, 7) is 3.97. The van der Waals surface area contributed by atoms with E-state index in [9.17, 15) is 4.79 Å². The van der Waals surface area contributed by atoms with Gasteiger partial charge in [0, 0.05) is 23.7 Å². The van der Waals surface area contributed by atoms with E-state index in [1.54, 1.807) is 14.0 Å². The Morgan fingerprint density at radius 2 is 2.35 bits per heavy atom. The first-order valence-electron chi connectivity index (χ1n) is 5.70. The summed E-state index contributed by atoms with van der Waals surface area (Å²) in [4.78, 5) is 14.7. The van der Waals surface area contributed by atoms with Crippen LogP contribution in [-0.4, -0.2) is 36.6 Å². The molecule has 0 aliphatic carbocycles. The lowest BCUT2D eigenvalue weighted by atomic mass is 10.2. The standard InChI is InChI=1S/C13H17NO2S/c1-10(15)8-14-5-6-17-13-4-3-12(16-2)7-11(13)9-14/h3-4,7H,5-6,8-9H2,1-2H3. The van der Waals surface area contributed by atoms with Gasteiger partial charge in [0.05, 0.1) is 13.7 Å². The monoisotopic (exact) mass is 251 g/mol. The molecule has 17 heavy (non-hydrogen) atoms. The quantitative estimate of drug-likeness (QED) is 0.823. The average Bonchev–Trinajstić information content (AvgIpc) is 2.48. The number of carbonyl (C=O) groups excluding carboxylic acids is 1. The number of Topliss-reactive ketones (excluding diaryl/α,β-unsaturated/α-hetero) is 1. The Morgan fingerprint density at radius 3 is 3.06 bits per heavy atom. The van der Waals surface area contributed by atoms with E-state index in [1.807, 2.05) is 17.8 Å². The van der Waals surface area contributed by atoms with Crippen molar-refractivity contribution >= 4 is 17.5 Å². The van der Waals surface area contributed by atoms with Gasteiger partial charge in [0.15, 0.2) is 0 Å². The molecule has 0 atom stereocenters. The highest BCUT2D eigenvalue weighted by molar-refractivity contribution is 7.99. The van der Waals surface area contributed by atoms with Crippen LogP contribution in [0, 0.1) is 0 Å². The van der Waals surface area contributed by atoms with Gasteiger partial charge in [-0.15, -0.1) is 11.8 Å². The van der Waals surface area contributed by atoms with E-state index in [1.165, 1.54) is 10.5 Å². The molecule has 0 aromatic heterocycles. The van der Waals surface area contributed by atoms with Crippen molar-refractivity contribution in [3.05, 3.63) is 23.8 Å². The summed E-state index contributed by atoms with van der Waals surface area (Å²) in [5.41, 5.74) is 1.26. The second-order valence-corrected chi connectivity index (χ2v) is 5.37. The van der Waals surface area contributed by atoms with Crippen LogP contribution in [0.2, 0.25) is 0 Å². The van der Waals surface area contributed by atoms with Gasteiger partial charge in [-0.1, -0.05) is 0 Å². The molecule has 92 valence electrons. The number of hydrogen-bond donors (Lipinski definition) is 0. The summed E-state index contributed by atoms with van der Waals surface area (Å²) in [5, 5.41) is 0. The zero-order valence-corrected chi connectivity index (χ0v) is 11.0. The number of benzene rings is 1. The van der Waals surface area contributed by atoms with Crippen molar-refractivity contribution in [2.24, 2.45) is 0 Å². The van der Waals surface area contributed by atoms with E-state index in [0.717, 1.165) is 24.6 Å². The van der Waals surface area contributed by atoms with Crippen molar-refractivity contribution in [3.63, 3.8) is 0 Å². The van der Waals surface area contributed by atoms with Crippen molar-refractivity contribution in [3.8, 4) is 5.75 Å². The molecule has 0 fully saturated rings. The number of thioether (sulfide) groups is 1. The topological polar surface area (TPSA) is 29.5 Å². The molecule has 1 aliphatic rings. The minimum absolute atomic E-state index is 0.223. The summed E-state index contributed by atoms with van der Waals surface area (Å²) in [7, 11) is 1.68. The molecule has 3 nitrogen and oxygen atoms in total. The van der Waals surface area contributed by atoms with E-state index in [0.29, 0.717) is 6.54 Å².